The lowest BCUT2D eigenvalue weighted by Crippen LogP contribution is -2.46. The van der Waals surface area contributed by atoms with E-state index in [4.69, 9.17) is 14.5 Å². The normalized spacial score (nSPS) is 20.9. The van der Waals surface area contributed by atoms with E-state index in [2.05, 4.69) is 53.6 Å². The second kappa shape index (κ2) is 10.1. The molecule has 3 rings (SSSR count). The van der Waals surface area contributed by atoms with Crippen molar-refractivity contribution in [2.45, 2.75) is 39.2 Å². The van der Waals surface area contributed by atoms with Crippen LogP contribution in [0.2, 0.25) is 0 Å². The number of ether oxygens (including phenoxy) is 2. The van der Waals surface area contributed by atoms with Gasteiger partial charge in [0.2, 0.25) is 0 Å². The van der Waals surface area contributed by atoms with Crippen molar-refractivity contribution in [2.75, 3.05) is 53.0 Å². The minimum Gasteiger partial charge on any atom is -0.497 e. The number of benzene rings is 1. The third kappa shape index (κ3) is 5.61. The number of piperidine rings is 1. The third-order valence-corrected chi connectivity index (χ3v) is 5.66. The molecule has 156 valence electrons. The standard InChI is InChI=1S/C22H36N4O2/c1-4-23-21(25-15-22(2)16-28-17-22)24-14-20(26-12-6-5-7-13-26)18-8-10-19(27-3)11-9-18/h8-11,20H,4-7,12-17H2,1-3H3,(H2,23,24,25). The van der Waals surface area contributed by atoms with Crippen LogP contribution in [0.3, 0.4) is 0 Å². The summed E-state index contributed by atoms with van der Waals surface area (Å²) >= 11 is 0. The Morgan fingerprint density at radius 1 is 1.18 bits per heavy atom. The van der Waals surface area contributed by atoms with Gasteiger partial charge in [-0.15, -0.1) is 0 Å². The summed E-state index contributed by atoms with van der Waals surface area (Å²) in [5.41, 5.74) is 1.51. The number of nitrogens with one attached hydrogen (secondary N) is 2. The predicted octanol–water partition coefficient (Wildman–Crippen LogP) is 2.81. The number of rotatable bonds is 8. The molecule has 0 saturated carbocycles. The fraction of sp³-hybridized carbons (Fsp3) is 0.682. The first kappa shape index (κ1) is 20.9. The van der Waals surface area contributed by atoms with E-state index in [1.807, 2.05) is 0 Å². The van der Waals surface area contributed by atoms with Gasteiger partial charge < -0.3 is 20.1 Å². The Morgan fingerprint density at radius 3 is 2.46 bits per heavy atom. The van der Waals surface area contributed by atoms with Crippen LogP contribution in [0, 0.1) is 5.41 Å². The van der Waals surface area contributed by atoms with E-state index in [0.29, 0.717) is 6.04 Å². The molecule has 0 bridgehead atoms. The predicted molar refractivity (Wildman–Crippen MR) is 114 cm³/mol. The molecule has 1 unspecified atom stereocenters. The van der Waals surface area contributed by atoms with Gasteiger partial charge in [0.1, 0.15) is 5.75 Å². The first-order valence-electron chi connectivity index (χ1n) is 10.6. The molecule has 28 heavy (non-hydrogen) atoms. The van der Waals surface area contributed by atoms with Crippen LogP contribution in [0.5, 0.6) is 5.75 Å². The lowest BCUT2D eigenvalue weighted by Gasteiger charge is -2.37. The zero-order valence-corrected chi connectivity index (χ0v) is 17.7. The molecular formula is C22H36N4O2. The Labute approximate surface area is 169 Å². The molecule has 2 aliphatic rings. The molecule has 1 aromatic carbocycles. The quantitative estimate of drug-likeness (QED) is 0.530. The molecule has 2 heterocycles. The van der Waals surface area contributed by atoms with Crippen LogP contribution in [0.4, 0.5) is 0 Å². The van der Waals surface area contributed by atoms with Gasteiger partial charge in [-0.25, -0.2) is 0 Å². The van der Waals surface area contributed by atoms with Gasteiger partial charge in [0.15, 0.2) is 5.96 Å². The molecule has 1 aromatic rings. The van der Waals surface area contributed by atoms with Crippen molar-refractivity contribution < 1.29 is 9.47 Å². The summed E-state index contributed by atoms with van der Waals surface area (Å²) in [6.45, 7) is 10.7. The summed E-state index contributed by atoms with van der Waals surface area (Å²) in [6.07, 6.45) is 3.89. The highest BCUT2D eigenvalue weighted by molar-refractivity contribution is 5.79. The molecule has 0 aromatic heterocycles. The van der Waals surface area contributed by atoms with Crippen LogP contribution in [0.25, 0.3) is 0 Å². The van der Waals surface area contributed by atoms with E-state index < -0.39 is 0 Å². The Hall–Kier alpha value is -1.79. The minimum atomic E-state index is 0.185. The number of hydrogen-bond acceptors (Lipinski definition) is 4. The average molecular weight is 389 g/mol. The maximum Gasteiger partial charge on any atom is 0.191 e. The highest BCUT2D eigenvalue weighted by atomic mass is 16.5. The van der Waals surface area contributed by atoms with Crippen LogP contribution in [-0.2, 0) is 4.74 Å². The summed E-state index contributed by atoms with van der Waals surface area (Å²) < 4.78 is 10.7. The van der Waals surface area contributed by atoms with E-state index in [1.165, 1.54) is 24.8 Å². The second-order valence-corrected chi connectivity index (χ2v) is 8.27. The zero-order valence-electron chi connectivity index (χ0n) is 17.7. The molecule has 1 atom stereocenters. The number of hydrogen-bond donors (Lipinski definition) is 2. The van der Waals surface area contributed by atoms with Gasteiger partial charge in [0.05, 0.1) is 32.9 Å². The van der Waals surface area contributed by atoms with Crippen LogP contribution < -0.4 is 15.4 Å². The molecule has 0 aliphatic carbocycles. The Morgan fingerprint density at radius 2 is 1.89 bits per heavy atom. The summed E-state index contributed by atoms with van der Waals surface area (Å²) in [5, 5.41) is 6.98. The first-order valence-corrected chi connectivity index (χ1v) is 10.6. The number of aliphatic imine (C=N–C) groups is 1. The van der Waals surface area contributed by atoms with Crippen molar-refractivity contribution in [2.24, 2.45) is 10.4 Å². The van der Waals surface area contributed by atoms with Crippen LogP contribution >= 0.6 is 0 Å². The van der Waals surface area contributed by atoms with Gasteiger partial charge in [-0.2, -0.15) is 0 Å². The van der Waals surface area contributed by atoms with Crippen LogP contribution in [0.15, 0.2) is 29.3 Å². The third-order valence-electron chi connectivity index (χ3n) is 5.66. The summed E-state index contributed by atoms with van der Waals surface area (Å²) in [5.74, 6) is 1.80. The fourth-order valence-corrected chi connectivity index (χ4v) is 3.86. The Kier molecular flexibility index (Phi) is 7.57. The molecule has 2 N–H and O–H groups in total. The average Bonchev–Trinajstić information content (AvgIpc) is 2.72. The highest BCUT2D eigenvalue weighted by Gasteiger charge is 2.33. The van der Waals surface area contributed by atoms with Crippen molar-refractivity contribution in [3.05, 3.63) is 29.8 Å². The summed E-state index contributed by atoms with van der Waals surface area (Å²) in [7, 11) is 1.71. The van der Waals surface area contributed by atoms with Crippen LogP contribution in [0.1, 0.15) is 44.7 Å². The van der Waals surface area contributed by atoms with E-state index >= 15 is 0 Å². The number of nitrogens with zero attached hydrogens (tertiary/aromatic N) is 2. The molecule has 0 amide bonds. The van der Waals surface area contributed by atoms with Gasteiger partial charge in [-0.05, 0) is 50.6 Å². The van der Waals surface area contributed by atoms with E-state index in [0.717, 1.165) is 57.6 Å². The number of likely N-dealkylation sites (tertiary alicyclic amines) is 1. The van der Waals surface area contributed by atoms with Crippen molar-refractivity contribution in [1.29, 1.82) is 0 Å². The van der Waals surface area contributed by atoms with E-state index in [-0.39, 0.29) is 5.41 Å². The monoisotopic (exact) mass is 388 g/mol. The van der Waals surface area contributed by atoms with Gasteiger partial charge in [0.25, 0.3) is 0 Å². The van der Waals surface area contributed by atoms with Crippen molar-refractivity contribution in [3.63, 3.8) is 0 Å². The molecule has 6 heteroatoms. The Balaban J connectivity index is 1.68. The molecule has 0 radical (unpaired) electrons. The minimum absolute atomic E-state index is 0.185. The summed E-state index contributed by atoms with van der Waals surface area (Å²) in [6, 6.07) is 8.83. The maximum absolute atomic E-state index is 5.36. The molecule has 6 nitrogen and oxygen atoms in total. The van der Waals surface area contributed by atoms with Gasteiger partial charge >= 0.3 is 0 Å². The molecule has 0 spiro atoms. The zero-order chi connectivity index (χ0) is 19.8. The molecule has 2 fully saturated rings. The van der Waals surface area contributed by atoms with E-state index in [9.17, 15) is 0 Å². The topological polar surface area (TPSA) is 58.1 Å². The van der Waals surface area contributed by atoms with Gasteiger partial charge in [-0.3, -0.25) is 9.89 Å². The molecule has 2 saturated heterocycles. The molecule has 2 aliphatic heterocycles. The SMILES string of the molecule is CCNC(=NCC1(C)COC1)NCC(c1ccc(OC)cc1)N1CCCCC1. The highest BCUT2D eigenvalue weighted by Crippen LogP contribution is 2.27. The lowest BCUT2D eigenvalue weighted by molar-refractivity contribution is -0.0945. The maximum atomic E-state index is 5.36. The fourth-order valence-electron chi connectivity index (χ4n) is 3.86. The second-order valence-electron chi connectivity index (χ2n) is 8.27. The summed E-state index contributed by atoms with van der Waals surface area (Å²) in [4.78, 5) is 7.42. The van der Waals surface area contributed by atoms with Gasteiger partial charge in [-0.1, -0.05) is 25.5 Å². The van der Waals surface area contributed by atoms with Crippen LogP contribution in [-0.4, -0.2) is 63.9 Å². The molecular weight excluding hydrogens is 352 g/mol. The largest absolute Gasteiger partial charge is 0.497 e. The Bertz CT molecular complexity index is 622. The lowest BCUT2D eigenvalue weighted by atomic mass is 9.89. The first-order chi connectivity index (χ1) is 13.6. The van der Waals surface area contributed by atoms with Crippen molar-refractivity contribution in [3.8, 4) is 5.75 Å². The van der Waals surface area contributed by atoms with E-state index in [1.54, 1.807) is 7.11 Å². The van der Waals surface area contributed by atoms with Gasteiger partial charge in [0, 0.05) is 18.5 Å². The smallest absolute Gasteiger partial charge is 0.191 e. The van der Waals surface area contributed by atoms with Crippen molar-refractivity contribution in [1.82, 2.24) is 15.5 Å². The number of methoxy groups -OCH3 is 1. The van der Waals surface area contributed by atoms with Crippen molar-refractivity contribution >= 4 is 5.96 Å². The number of guanidine groups is 1.